The van der Waals surface area contributed by atoms with Crippen LogP contribution in [0.4, 0.5) is 0 Å². The number of aliphatic hydroxyl groups is 6. The predicted molar refractivity (Wildman–Crippen MR) is 231 cm³/mol. The van der Waals surface area contributed by atoms with E-state index in [-0.39, 0.29) is 52.9 Å². The number of benzene rings is 1. The van der Waals surface area contributed by atoms with E-state index in [4.69, 9.17) is 70.8 Å². The molecule has 0 aromatic heterocycles. The molecule has 0 saturated carbocycles. The Morgan fingerprint density at radius 2 is 1.09 bits per heavy atom. The van der Waals surface area contributed by atoms with Gasteiger partial charge in [0.2, 0.25) is 5.79 Å². The van der Waals surface area contributed by atoms with Crippen LogP contribution in [0.1, 0.15) is 55.4 Å². The van der Waals surface area contributed by atoms with Gasteiger partial charge in [0.05, 0.1) is 13.2 Å². The molecule has 374 valence electrons. The normalized spacial score (nSPS) is 28.9. The van der Waals surface area contributed by atoms with Crippen LogP contribution in [0.25, 0.3) is 0 Å². The van der Waals surface area contributed by atoms with E-state index < -0.39 is 119 Å². The smallest absolute Gasteiger partial charge is 0.394 e. The summed E-state index contributed by atoms with van der Waals surface area (Å²) in [6.07, 6.45) is -14.0. The first kappa shape index (κ1) is 57.7. The summed E-state index contributed by atoms with van der Waals surface area (Å²) in [5, 5.41) is 67.7. The van der Waals surface area contributed by atoms with Gasteiger partial charge in [0.25, 0.3) is 0 Å². The number of hydrogen-bond acceptors (Lipinski definition) is 23. The first-order valence-corrected chi connectivity index (χ1v) is 31.1. The lowest BCUT2D eigenvalue weighted by Crippen LogP contribution is -2.69. The van der Waals surface area contributed by atoms with Gasteiger partial charge in [0, 0.05) is 71.1 Å². The molecular weight excluding hydrogens is 941 g/mol. The highest BCUT2D eigenvalue weighted by atomic mass is 28.5. The van der Waals surface area contributed by atoms with Crippen molar-refractivity contribution in [3.63, 3.8) is 0 Å². The van der Waals surface area contributed by atoms with Crippen LogP contribution in [-0.4, -0.2) is 207 Å². The predicted octanol–water partition coefficient (Wildman–Crippen LogP) is -1.16. The average Bonchev–Trinajstić information content (AvgIpc) is 3.50. The van der Waals surface area contributed by atoms with Gasteiger partial charge in [-0.05, 0) is 55.4 Å². The second kappa shape index (κ2) is 26.4. The van der Waals surface area contributed by atoms with E-state index in [0.717, 1.165) is 0 Å². The Labute approximate surface area is 381 Å². The minimum atomic E-state index is -4.64. The van der Waals surface area contributed by atoms with Crippen molar-refractivity contribution in [3.8, 4) is 0 Å². The van der Waals surface area contributed by atoms with Crippen LogP contribution < -0.4 is 5.19 Å². The molecule has 23 nitrogen and oxygen atoms in total. The van der Waals surface area contributed by atoms with Gasteiger partial charge < -0.3 is 106 Å². The molecule has 3 rings (SSSR count). The zero-order valence-electron chi connectivity index (χ0n) is 38.4. The molecule has 0 bridgehead atoms. The molecular formula is C36H72O23Si5. The van der Waals surface area contributed by atoms with Crippen molar-refractivity contribution in [1.29, 1.82) is 0 Å². The third-order valence-corrected chi connectivity index (χ3v) is 24.9. The van der Waals surface area contributed by atoms with Crippen LogP contribution in [0.3, 0.4) is 0 Å². The molecule has 0 aliphatic carbocycles. The van der Waals surface area contributed by atoms with Gasteiger partial charge >= 0.3 is 44.5 Å². The van der Waals surface area contributed by atoms with Crippen LogP contribution in [0.2, 0.25) is 13.1 Å². The maximum atomic E-state index is 11.7. The summed E-state index contributed by atoms with van der Waals surface area (Å²) in [5.74, 6) is -2.50. The lowest BCUT2D eigenvalue weighted by molar-refractivity contribution is -0.383. The lowest BCUT2D eigenvalue weighted by Gasteiger charge is -2.47. The molecule has 2 saturated heterocycles. The minimum Gasteiger partial charge on any atom is -0.394 e. The Morgan fingerprint density at radius 1 is 0.578 bits per heavy atom. The fourth-order valence-electron chi connectivity index (χ4n) is 7.09. The zero-order valence-corrected chi connectivity index (χ0v) is 43.4. The second-order valence-corrected chi connectivity index (χ2v) is 26.6. The highest BCUT2D eigenvalue weighted by molar-refractivity contribution is 6.82. The largest absolute Gasteiger partial charge is 0.673 e. The van der Waals surface area contributed by atoms with Gasteiger partial charge in [-0.1, -0.05) is 30.3 Å². The Bertz CT molecular complexity index is 1450. The summed E-state index contributed by atoms with van der Waals surface area (Å²) in [6.45, 7) is 13.9. The topological polar surface area (TPSA) is 289 Å². The quantitative estimate of drug-likeness (QED) is 0.0419. The number of rotatable bonds is 32. The Hall–Kier alpha value is -0.616. The standard InChI is InChI=1S/C36H72O23Si5/c1-11-44-60(9,57-61(10,45-12-2)58-63(43,48-15-5)49-16-6)55-33-29(25-38)52-35(32(42)31(33)41)54-36(26-39)34(30(40)28(24-37)53-36)56-64(50-17-7,51-18-8)59-62(46-13-3,47-14-4)27-22-20-19-21-23-27/h19-23,28-35,37-43H,11-18,24-26H2,1-10H3/t28-,29-,30-,31-,32-,33-,34+,35-,36?,60?,61?/m1/s1. The van der Waals surface area contributed by atoms with E-state index >= 15 is 0 Å². The van der Waals surface area contributed by atoms with Crippen molar-refractivity contribution in [2.45, 2.75) is 123 Å². The van der Waals surface area contributed by atoms with Gasteiger partial charge in [-0.25, -0.2) is 0 Å². The molecule has 0 spiro atoms. The van der Waals surface area contributed by atoms with Crippen LogP contribution in [0, 0.1) is 0 Å². The summed E-state index contributed by atoms with van der Waals surface area (Å²) >= 11 is 0. The fraction of sp³-hybridized carbons (Fsp3) is 0.833. The monoisotopic (exact) mass is 1010 g/mol. The summed E-state index contributed by atoms with van der Waals surface area (Å²) in [5.41, 5.74) is 0. The van der Waals surface area contributed by atoms with E-state index in [2.05, 4.69) is 0 Å². The number of hydrogen-bond donors (Lipinski definition) is 7. The molecule has 28 heteroatoms. The highest BCUT2D eigenvalue weighted by Crippen LogP contribution is 2.41. The number of aliphatic hydroxyl groups excluding tert-OH is 6. The van der Waals surface area contributed by atoms with Crippen molar-refractivity contribution in [3.05, 3.63) is 30.3 Å². The van der Waals surface area contributed by atoms with Crippen LogP contribution >= 0.6 is 0 Å². The van der Waals surface area contributed by atoms with Crippen LogP contribution in [0.5, 0.6) is 0 Å². The van der Waals surface area contributed by atoms with Gasteiger partial charge in [0.1, 0.15) is 49.3 Å². The van der Waals surface area contributed by atoms with Gasteiger partial charge in [-0.2, -0.15) is 0 Å². The van der Waals surface area contributed by atoms with Crippen LogP contribution in [0.15, 0.2) is 30.3 Å². The Kier molecular flexibility index (Phi) is 23.8. The Morgan fingerprint density at radius 3 is 1.58 bits per heavy atom. The maximum absolute atomic E-state index is 11.7. The van der Waals surface area contributed by atoms with Gasteiger partial charge in [-0.3, -0.25) is 0 Å². The summed E-state index contributed by atoms with van der Waals surface area (Å²) in [4.78, 5) is 11.1. The second-order valence-electron chi connectivity index (χ2n) is 14.2. The summed E-state index contributed by atoms with van der Waals surface area (Å²) in [6, 6.07) is 8.83. The Balaban J connectivity index is 2.04. The van der Waals surface area contributed by atoms with E-state index in [9.17, 15) is 35.4 Å². The van der Waals surface area contributed by atoms with Gasteiger partial charge in [0.15, 0.2) is 6.29 Å². The van der Waals surface area contributed by atoms with Crippen molar-refractivity contribution >= 4 is 49.7 Å². The first-order chi connectivity index (χ1) is 30.4. The molecule has 0 radical (unpaired) electrons. The van der Waals surface area contributed by atoms with Crippen molar-refractivity contribution in [1.82, 2.24) is 0 Å². The van der Waals surface area contributed by atoms with Crippen molar-refractivity contribution in [2.75, 3.05) is 72.7 Å². The molecule has 1 aromatic rings. The van der Waals surface area contributed by atoms with E-state index in [0.29, 0.717) is 5.19 Å². The molecule has 11 atom stereocenters. The molecule has 7 N–H and O–H groups in total. The SMILES string of the molecule is CCO[Si](C)(O[C@H]1[C@H](O)[C@@H](O)[C@@H](OC2(CO)O[C@H](CO)[C@@H](O)[C@@H]2O[Si](OCC)(OCC)O[Si](OCC)(OCC)c2ccccc2)O[C@@H]1CO)O[Si](C)(OCC)O[Si](O)(OCC)OCC. The molecule has 0 amide bonds. The fourth-order valence-corrected chi connectivity index (χ4v) is 22.5. The average molecular weight is 1010 g/mol. The summed E-state index contributed by atoms with van der Waals surface area (Å²) in [7, 11) is -21.0. The minimum absolute atomic E-state index is 0.0217. The first-order valence-electron chi connectivity index (χ1n) is 21.6. The van der Waals surface area contributed by atoms with Crippen LogP contribution in [-0.2, 0) is 70.8 Å². The zero-order chi connectivity index (χ0) is 47.8. The molecule has 64 heavy (non-hydrogen) atoms. The maximum Gasteiger partial charge on any atom is 0.673 e. The van der Waals surface area contributed by atoms with E-state index in [1.54, 1.807) is 85.7 Å². The van der Waals surface area contributed by atoms with Crippen molar-refractivity contribution < 1.29 is 106 Å². The van der Waals surface area contributed by atoms with Crippen molar-refractivity contribution in [2.24, 2.45) is 0 Å². The van der Waals surface area contributed by atoms with Gasteiger partial charge in [-0.15, -0.1) is 0 Å². The molecule has 2 heterocycles. The third-order valence-electron chi connectivity index (χ3n) is 9.48. The van der Waals surface area contributed by atoms with E-state index in [1.165, 1.54) is 13.1 Å². The number of ether oxygens (including phenoxy) is 3. The highest BCUT2D eigenvalue weighted by Gasteiger charge is 2.67. The summed E-state index contributed by atoms with van der Waals surface area (Å²) < 4.78 is 97.5. The molecule has 1 aromatic carbocycles. The third kappa shape index (κ3) is 14.5. The molecule has 2 fully saturated rings. The molecule has 3 unspecified atom stereocenters. The van der Waals surface area contributed by atoms with E-state index in [1.807, 2.05) is 0 Å². The molecule has 2 aliphatic heterocycles. The molecule has 2 aliphatic rings. The lowest BCUT2D eigenvalue weighted by atomic mass is 9.99.